The summed E-state index contributed by atoms with van der Waals surface area (Å²) in [6.45, 7) is 1.81. The van der Waals surface area contributed by atoms with Gasteiger partial charge in [0.25, 0.3) is 0 Å². The van der Waals surface area contributed by atoms with Crippen molar-refractivity contribution in [2.24, 2.45) is 5.73 Å². The van der Waals surface area contributed by atoms with Crippen LogP contribution in [0.15, 0.2) is 64.0 Å². The summed E-state index contributed by atoms with van der Waals surface area (Å²) in [5.74, 6) is -1.34. The molecule has 3 atom stereocenters. The van der Waals surface area contributed by atoms with Gasteiger partial charge in [0.2, 0.25) is 0 Å². The third-order valence-corrected chi connectivity index (χ3v) is 7.23. The molecule has 7 heteroatoms. The van der Waals surface area contributed by atoms with Gasteiger partial charge in [-0.25, -0.2) is 13.2 Å². The first-order valence-corrected chi connectivity index (χ1v) is 10.2. The molecule has 2 aromatic carbocycles. The second-order valence-corrected chi connectivity index (χ2v) is 8.95. The lowest BCUT2D eigenvalue weighted by Gasteiger charge is -2.11. The molecule has 0 amide bonds. The van der Waals surface area contributed by atoms with Crippen LogP contribution in [0.2, 0.25) is 0 Å². The van der Waals surface area contributed by atoms with E-state index in [0.717, 1.165) is 4.47 Å². The van der Waals surface area contributed by atoms with Crippen LogP contribution >= 0.6 is 15.9 Å². The molecule has 3 rings (SSSR count). The van der Waals surface area contributed by atoms with Crippen LogP contribution in [0.4, 0.5) is 0 Å². The van der Waals surface area contributed by atoms with E-state index in [4.69, 9.17) is 10.5 Å². The molecule has 0 radical (unpaired) electrons. The highest BCUT2D eigenvalue weighted by Gasteiger charge is 2.74. The summed E-state index contributed by atoms with van der Waals surface area (Å²) in [6, 6.07) is 15.2. The van der Waals surface area contributed by atoms with Crippen molar-refractivity contribution in [1.29, 1.82) is 0 Å². The zero-order valence-corrected chi connectivity index (χ0v) is 16.0. The molecule has 0 spiro atoms. The van der Waals surface area contributed by atoms with Gasteiger partial charge in [-0.2, -0.15) is 0 Å². The maximum absolute atomic E-state index is 13.1. The standard InChI is InChI=1S/C18H18BrNO4S/c1-2-24-17(21)18(20)15(12-8-10-13(19)11-9-12)16(18)25(22,23)14-6-4-3-5-7-14/h3-11,15-16H,2,20H2,1H3/t15-,16-,18+/m1/s1. The number of benzene rings is 2. The van der Waals surface area contributed by atoms with Crippen molar-refractivity contribution in [3.8, 4) is 0 Å². The van der Waals surface area contributed by atoms with E-state index in [0.29, 0.717) is 5.56 Å². The van der Waals surface area contributed by atoms with Gasteiger partial charge in [0.1, 0.15) is 10.8 Å². The molecule has 2 N–H and O–H groups in total. The summed E-state index contributed by atoms with van der Waals surface area (Å²) >= 11 is 3.35. The molecule has 132 valence electrons. The van der Waals surface area contributed by atoms with Crippen LogP contribution in [-0.4, -0.2) is 31.8 Å². The smallest absolute Gasteiger partial charge is 0.328 e. The number of halogens is 1. The van der Waals surface area contributed by atoms with Crippen LogP contribution in [0.3, 0.4) is 0 Å². The summed E-state index contributed by atoms with van der Waals surface area (Å²) < 4.78 is 32.1. The van der Waals surface area contributed by atoms with Crippen LogP contribution in [0.25, 0.3) is 0 Å². The number of sulfone groups is 1. The topological polar surface area (TPSA) is 86.5 Å². The Labute approximate surface area is 155 Å². The molecule has 1 fully saturated rings. The molecule has 1 aliphatic rings. The quantitative estimate of drug-likeness (QED) is 0.746. The summed E-state index contributed by atoms with van der Waals surface area (Å²) in [5.41, 5.74) is 5.41. The Balaban J connectivity index is 2.06. The van der Waals surface area contributed by atoms with Crippen molar-refractivity contribution >= 4 is 31.7 Å². The second-order valence-electron chi connectivity index (χ2n) is 5.96. The van der Waals surface area contributed by atoms with Gasteiger partial charge in [0.15, 0.2) is 9.84 Å². The maximum atomic E-state index is 13.1. The SMILES string of the molecule is CCOC(=O)[C@]1(N)[C@H](c2ccc(Br)cc2)[C@H]1S(=O)(=O)c1ccccc1. The predicted molar refractivity (Wildman–Crippen MR) is 97.9 cm³/mol. The fraction of sp³-hybridized carbons (Fsp3) is 0.278. The van der Waals surface area contributed by atoms with Gasteiger partial charge >= 0.3 is 5.97 Å². The number of carbonyl (C=O) groups excluding carboxylic acids is 1. The first-order chi connectivity index (χ1) is 11.8. The monoisotopic (exact) mass is 423 g/mol. The van der Waals surface area contributed by atoms with E-state index in [1.54, 1.807) is 49.4 Å². The Kier molecular flexibility index (Phi) is 4.74. The number of ether oxygens (including phenoxy) is 1. The van der Waals surface area contributed by atoms with E-state index in [9.17, 15) is 13.2 Å². The van der Waals surface area contributed by atoms with Crippen molar-refractivity contribution in [2.75, 3.05) is 6.61 Å². The van der Waals surface area contributed by atoms with Crippen molar-refractivity contribution in [2.45, 2.75) is 28.5 Å². The van der Waals surface area contributed by atoms with Crippen molar-refractivity contribution in [3.05, 3.63) is 64.6 Å². The molecule has 0 bridgehead atoms. The molecular formula is C18H18BrNO4S. The minimum Gasteiger partial charge on any atom is -0.465 e. The molecule has 5 nitrogen and oxygen atoms in total. The van der Waals surface area contributed by atoms with Gasteiger partial charge in [-0.1, -0.05) is 46.3 Å². The van der Waals surface area contributed by atoms with Gasteiger partial charge in [0.05, 0.1) is 11.5 Å². The highest BCUT2D eigenvalue weighted by Crippen LogP contribution is 2.56. The van der Waals surface area contributed by atoms with Gasteiger partial charge in [-0.15, -0.1) is 0 Å². The lowest BCUT2D eigenvalue weighted by atomic mass is 10.1. The largest absolute Gasteiger partial charge is 0.465 e. The van der Waals surface area contributed by atoms with Crippen LogP contribution in [0.1, 0.15) is 18.4 Å². The fourth-order valence-corrected chi connectivity index (χ4v) is 5.70. The molecule has 1 saturated carbocycles. The Morgan fingerprint density at radius 2 is 1.76 bits per heavy atom. The molecular weight excluding hydrogens is 406 g/mol. The first-order valence-electron chi connectivity index (χ1n) is 7.84. The van der Waals surface area contributed by atoms with Crippen molar-refractivity contribution in [3.63, 3.8) is 0 Å². The highest BCUT2D eigenvalue weighted by molar-refractivity contribution is 9.10. The molecule has 0 aromatic heterocycles. The predicted octanol–water partition coefficient (Wildman–Crippen LogP) is 2.65. The van der Waals surface area contributed by atoms with Crippen LogP contribution in [-0.2, 0) is 19.4 Å². The number of hydrogen-bond donors (Lipinski definition) is 1. The molecule has 25 heavy (non-hydrogen) atoms. The Bertz CT molecular complexity index is 883. The van der Waals surface area contributed by atoms with Crippen molar-refractivity contribution in [1.82, 2.24) is 0 Å². The van der Waals surface area contributed by atoms with E-state index in [2.05, 4.69) is 15.9 Å². The van der Waals surface area contributed by atoms with Crippen LogP contribution in [0, 0.1) is 0 Å². The van der Waals surface area contributed by atoms with E-state index in [1.165, 1.54) is 12.1 Å². The van der Waals surface area contributed by atoms with Gasteiger partial charge in [-0.05, 0) is 36.8 Å². The van der Waals surface area contributed by atoms with Gasteiger partial charge in [-0.3, -0.25) is 0 Å². The lowest BCUT2D eigenvalue weighted by molar-refractivity contribution is -0.145. The van der Waals surface area contributed by atoms with Crippen molar-refractivity contribution < 1.29 is 17.9 Å². The van der Waals surface area contributed by atoms with E-state index < -0.39 is 32.5 Å². The summed E-state index contributed by atoms with van der Waals surface area (Å²) in [6.07, 6.45) is 0. The zero-order valence-electron chi connectivity index (χ0n) is 13.6. The van der Waals surface area contributed by atoms with Gasteiger partial charge in [0, 0.05) is 10.4 Å². The minimum absolute atomic E-state index is 0.142. The number of rotatable bonds is 5. The molecule has 0 unspecified atom stereocenters. The lowest BCUT2D eigenvalue weighted by Crippen LogP contribution is -2.41. The Hall–Kier alpha value is -1.70. The normalized spacial score (nSPS) is 25.4. The average molecular weight is 424 g/mol. The number of carbonyl (C=O) groups is 1. The third kappa shape index (κ3) is 3.01. The molecule has 0 aliphatic heterocycles. The summed E-state index contributed by atoms with van der Waals surface area (Å²) in [4.78, 5) is 12.6. The van der Waals surface area contributed by atoms with Crippen LogP contribution in [0.5, 0.6) is 0 Å². The van der Waals surface area contributed by atoms with E-state index in [-0.39, 0.29) is 11.5 Å². The molecule has 1 aliphatic carbocycles. The number of nitrogens with two attached hydrogens (primary N) is 1. The summed E-state index contributed by atoms with van der Waals surface area (Å²) in [7, 11) is -3.78. The maximum Gasteiger partial charge on any atom is 0.328 e. The minimum atomic E-state index is -3.78. The highest BCUT2D eigenvalue weighted by atomic mass is 79.9. The fourth-order valence-electron chi connectivity index (χ4n) is 3.19. The Morgan fingerprint density at radius 1 is 1.16 bits per heavy atom. The summed E-state index contributed by atoms with van der Waals surface area (Å²) in [5, 5.41) is -1.05. The first kappa shape index (κ1) is 18.1. The zero-order chi connectivity index (χ0) is 18.2. The average Bonchev–Trinajstić information content (AvgIpc) is 3.25. The Morgan fingerprint density at radius 3 is 2.32 bits per heavy atom. The third-order valence-electron chi connectivity index (χ3n) is 4.44. The number of hydrogen-bond acceptors (Lipinski definition) is 5. The molecule has 0 heterocycles. The number of esters is 1. The van der Waals surface area contributed by atoms with Gasteiger partial charge < -0.3 is 10.5 Å². The van der Waals surface area contributed by atoms with E-state index >= 15 is 0 Å². The van der Waals surface area contributed by atoms with Crippen LogP contribution < -0.4 is 5.73 Å². The molecule has 0 saturated heterocycles. The molecule has 2 aromatic rings. The second kappa shape index (κ2) is 6.55. The van der Waals surface area contributed by atoms with E-state index in [1.807, 2.05) is 0 Å².